The third-order valence-electron chi connectivity index (χ3n) is 5.27. The molecule has 0 bridgehead atoms. The van der Waals surface area contributed by atoms with Crippen LogP contribution in [-0.2, 0) is 4.74 Å². The number of aromatic nitrogens is 2. The van der Waals surface area contributed by atoms with Crippen LogP contribution in [0.1, 0.15) is 27.5 Å². The number of ether oxygens (including phenoxy) is 1. The van der Waals surface area contributed by atoms with E-state index >= 15 is 0 Å². The lowest BCUT2D eigenvalue weighted by Gasteiger charge is -2.14. The van der Waals surface area contributed by atoms with Crippen LogP contribution in [-0.4, -0.2) is 33.4 Å². The van der Waals surface area contributed by atoms with Crippen molar-refractivity contribution in [2.75, 3.05) is 11.9 Å². The number of carbonyl (C=O) groups is 2. The molecule has 30 heavy (non-hydrogen) atoms. The number of benzene rings is 2. The van der Waals surface area contributed by atoms with Crippen molar-refractivity contribution < 1.29 is 19.4 Å². The molecule has 0 saturated carbocycles. The van der Waals surface area contributed by atoms with Crippen LogP contribution in [0.3, 0.4) is 0 Å². The molecule has 7 nitrogen and oxygen atoms in total. The van der Waals surface area contributed by atoms with Gasteiger partial charge in [-0.05, 0) is 40.5 Å². The monoisotopic (exact) mass is 399 g/mol. The summed E-state index contributed by atoms with van der Waals surface area (Å²) in [6.07, 6.45) is 1.01. The number of rotatable bonds is 4. The van der Waals surface area contributed by atoms with Gasteiger partial charge < -0.3 is 9.84 Å². The van der Waals surface area contributed by atoms with E-state index in [0.29, 0.717) is 11.2 Å². The number of aromatic carboxylic acids is 1. The van der Waals surface area contributed by atoms with Crippen molar-refractivity contribution in [1.82, 2.24) is 9.61 Å². The minimum Gasteiger partial charge on any atom is -0.476 e. The van der Waals surface area contributed by atoms with E-state index in [9.17, 15) is 9.59 Å². The van der Waals surface area contributed by atoms with Crippen molar-refractivity contribution in [3.05, 3.63) is 89.7 Å². The van der Waals surface area contributed by atoms with Crippen LogP contribution in [0.25, 0.3) is 16.6 Å². The summed E-state index contributed by atoms with van der Waals surface area (Å²) in [5, 5.41) is 15.7. The van der Waals surface area contributed by atoms with Gasteiger partial charge in [-0.1, -0.05) is 48.5 Å². The fourth-order valence-corrected chi connectivity index (χ4v) is 3.93. The van der Waals surface area contributed by atoms with Gasteiger partial charge in [0.2, 0.25) is 0 Å². The van der Waals surface area contributed by atoms with E-state index in [-0.39, 0.29) is 18.2 Å². The molecule has 0 fully saturated rings. The van der Waals surface area contributed by atoms with Crippen molar-refractivity contribution in [3.8, 4) is 11.1 Å². The van der Waals surface area contributed by atoms with Crippen molar-refractivity contribution >= 4 is 23.3 Å². The molecule has 1 aliphatic rings. The lowest BCUT2D eigenvalue weighted by atomic mass is 9.98. The Balaban J connectivity index is 1.31. The second-order valence-electron chi connectivity index (χ2n) is 7.07. The summed E-state index contributed by atoms with van der Waals surface area (Å²) in [6, 6.07) is 21.0. The first kappa shape index (κ1) is 17.9. The average molecular weight is 399 g/mol. The molecule has 0 saturated heterocycles. The number of nitrogens with zero attached hydrogens (tertiary/aromatic N) is 2. The van der Waals surface area contributed by atoms with Crippen LogP contribution in [0.4, 0.5) is 10.5 Å². The Hall–Kier alpha value is -4.13. The third kappa shape index (κ3) is 3.06. The van der Waals surface area contributed by atoms with Gasteiger partial charge in [0.05, 0.1) is 5.52 Å². The van der Waals surface area contributed by atoms with Crippen LogP contribution in [0, 0.1) is 0 Å². The third-order valence-corrected chi connectivity index (χ3v) is 5.27. The van der Waals surface area contributed by atoms with Crippen molar-refractivity contribution in [3.63, 3.8) is 0 Å². The first-order chi connectivity index (χ1) is 14.6. The summed E-state index contributed by atoms with van der Waals surface area (Å²) in [7, 11) is 0. The predicted molar refractivity (Wildman–Crippen MR) is 111 cm³/mol. The molecule has 5 rings (SSSR count). The number of carboxylic acid groups (broad SMARTS) is 1. The van der Waals surface area contributed by atoms with Crippen molar-refractivity contribution in [1.29, 1.82) is 0 Å². The van der Waals surface area contributed by atoms with E-state index in [1.165, 1.54) is 21.7 Å². The molecule has 2 aromatic carbocycles. The SMILES string of the molecule is O=C(Nc1ccn2nc(C(=O)O)cc2c1)OCC1c2ccccc2-c2ccccc21. The van der Waals surface area contributed by atoms with Crippen LogP contribution >= 0.6 is 0 Å². The Bertz CT molecular complexity index is 1250. The summed E-state index contributed by atoms with van der Waals surface area (Å²) in [5.41, 5.74) is 5.63. The molecule has 2 N–H and O–H groups in total. The Labute approximate surface area is 171 Å². The Morgan fingerprint density at radius 2 is 1.67 bits per heavy atom. The maximum Gasteiger partial charge on any atom is 0.411 e. The molecule has 1 amide bonds. The molecular weight excluding hydrogens is 382 g/mol. The fourth-order valence-electron chi connectivity index (χ4n) is 3.93. The van der Waals surface area contributed by atoms with Gasteiger partial charge in [-0.25, -0.2) is 14.1 Å². The number of hydrogen-bond donors (Lipinski definition) is 2. The lowest BCUT2D eigenvalue weighted by molar-refractivity contribution is 0.0690. The number of pyridine rings is 1. The molecule has 148 valence electrons. The summed E-state index contributed by atoms with van der Waals surface area (Å²) in [4.78, 5) is 23.4. The molecule has 1 aliphatic carbocycles. The molecule has 0 radical (unpaired) electrons. The zero-order valence-electron chi connectivity index (χ0n) is 15.8. The number of carboxylic acids is 1. The topological polar surface area (TPSA) is 92.9 Å². The zero-order chi connectivity index (χ0) is 20.7. The van der Waals surface area contributed by atoms with Crippen LogP contribution in [0.15, 0.2) is 72.9 Å². The molecule has 2 aromatic heterocycles. The predicted octanol–water partition coefficient (Wildman–Crippen LogP) is 4.39. The van der Waals surface area contributed by atoms with Crippen molar-refractivity contribution in [2.45, 2.75) is 5.92 Å². The Kier molecular flexibility index (Phi) is 4.21. The molecule has 0 atom stereocenters. The highest BCUT2D eigenvalue weighted by molar-refractivity contribution is 5.89. The highest BCUT2D eigenvalue weighted by atomic mass is 16.5. The number of carbonyl (C=O) groups excluding carboxylic acids is 1. The van der Waals surface area contributed by atoms with E-state index in [1.807, 2.05) is 24.3 Å². The molecule has 0 spiro atoms. The second-order valence-corrected chi connectivity index (χ2v) is 7.07. The molecular formula is C23H17N3O4. The van der Waals surface area contributed by atoms with Crippen LogP contribution in [0.2, 0.25) is 0 Å². The quantitative estimate of drug-likeness (QED) is 0.531. The first-order valence-electron chi connectivity index (χ1n) is 9.45. The van der Waals surface area contributed by atoms with Crippen LogP contribution < -0.4 is 5.32 Å². The lowest BCUT2D eigenvalue weighted by Crippen LogP contribution is -2.18. The fraction of sp³-hybridized carbons (Fsp3) is 0.0870. The maximum absolute atomic E-state index is 12.4. The minimum absolute atomic E-state index is 0.0152. The highest BCUT2D eigenvalue weighted by Crippen LogP contribution is 2.44. The summed E-state index contributed by atoms with van der Waals surface area (Å²) < 4.78 is 6.97. The average Bonchev–Trinajstić information content (AvgIpc) is 3.31. The van der Waals surface area contributed by atoms with Gasteiger partial charge in [0, 0.05) is 17.8 Å². The smallest absolute Gasteiger partial charge is 0.411 e. The van der Waals surface area contributed by atoms with Gasteiger partial charge in [0.15, 0.2) is 5.69 Å². The standard InChI is InChI=1S/C23H17N3O4/c27-22(28)21-12-15-11-14(9-10-26(15)25-21)24-23(29)30-13-20-18-7-3-1-5-16(18)17-6-2-4-8-19(17)20/h1-12,20H,13H2,(H,24,29)(H,27,28). The Morgan fingerprint density at radius 1 is 1.00 bits per heavy atom. The van der Waals surface area contributed by atoms with E-state index < -0.39 is 12.1 Å². The number of hydrogen-bond acceptors (Lipinski definition) is 4. The first-order valence-corrected chi connectivity index (χ1v) is 9.45. The maximum atomic E-state index is 12.4. The van der Waals surface area contributed by atoms with Crippen LogP contribution in [0.5, 0.6) is 0 Å². The number of fused-ring (bicyclic) bond motifs is 4. The Morgan fingerprint density at radius 3 is 2.33 bits per heavy atom. The van der Waals surface area contributed by atoms with E-state index in [0.717, 1.165) is 11.1 Å². The second kappa shape index (κ2) is 7.04. The molecule has 0 aliphatic heterocycles. The number of nitrogens with one attached hydrogen (secondary N) is 1. The number of anilines is 1. The van der Waals surface area contributed by atoms with Gasteiger partial charge in [0.25, 0.3) is 0 Å². The normalized spacial score (nSPS) is 12.4. The van der Waals surface area contributed by atoms with E-state index in [4.69, 9.17) is 9.84 Å². The zero-order valence-corrected chi connectivity index (χ0v) is 15.8. The molecule has 0 unspecified atom stereocenters. The molecule has 4 aromatic rings. The minimum atomic E-state index is -1.11. The van der Waals surface area contributed by atoms with Gasteiger partial charge >= 0.3 is 12.1 Å². The van der Waals surface area contributed by atoms with E-state index in [2.05, 4.69) is 34.7 Å². The van der Waals surface area contributed by atoms with Gasteiger partial charge in [0.1, 0.15) is 6.61 Å². The van der Waals surface area contributed by atoms with E-state index in [1.54, 1.807) is 18.3 Å². The molecule has 7 heteroatoms. The summed E-state index contributed by atoms with van der Waals surface area (Å²) in [5.74, 6) is -1.12. The summed E-state index contributed by atoms with van der Waals surface area (Å²) in [6.45, 7) is 0.220. The largest absolute Gasteiger partial charge is 0.476 e. The number of amides is 1. The van der Waals surface area contributed by atoms with Gasteiger partial charge in [-0.2, -0.15) is 5.10 Å². The van der Waals surface area contributed by atoms with Gasteiger partial charge in [-0.15, -0.1) is 0 Å². The highest BCUT2D eigenvalue weighted by Gasteiger charge is 2.29. The van der Waals surface area contributed by atoms with Gasteiger partial charge in [-0.3, -0.25) is 5.32 Å². The molecule has 2 heterocycles. The summed E-state index contributed by atoms with van der Waals surface area (Å²) >= 11 is 0. The van der Waals surface area contributed by atoms with Crippen molar-refractivity contribution in [2.24, 2.45) is 0 Å².